The summed E-state index contributed by atoms with van der Waals surface area (Å²) in [5.41, 5.74) is 5.61. The minimum atomic E-state index is -0.262. The molecule has 0 unspecified atom stereocenters. The molecule has 2 aliphatic carbocycles. The SMILES string of the molecule is NC(=O)[C@@H]1C[C@@H]2CCCC[C@H]2N1CC(=O)NC1CCCCCC1. The molecule has 3 N–H and O–H groups in total. The van der Waals surface area contributed by atoms with Gasteiger partial charge in [0.25, 0.3) is 0 Å². The Balaban J connectivity index is 1.59. The molecule has 130 valence electrons. The van der Waals surface area contributed by atoms with E-state index in [0.29, 0.717) is 24.5 Å². The molecule has 2 amide bonds. The summed E-state index contributed by atoms with van der Waals surface area (Å²) in [5.74, 6) is 0.364. The Kier molecular flexibility index (Phi) is 5.57. The number of rotatable bonds is 4. The fraction of sp³-hybridized carbons (Fsp3) is 0.889. The highest BCUT2D eigenvalue weighted by Crippen LogP contribution is 2.39. The molecule has 1 heterocycles. The number of carbonyl (C=O) groups excluding carboxylic acids is 2. The number of nitrogens with zero attached hydrogens (tertiary/aromatic N) is 1. The molecule has 5 heteroatoms. The molecule has 5 nitrogen and oxygen atoms in total. The van der Waals surface area contributed by atoms with E-state index in [-0.39, 0.29) is 17.9 Å². The highest BCUT2D eigenvalue weighted by Gasteiger charge is 2.44. The van der Waals surface area contributed by atoms with Crippen molar-refractivity contribution in [2.75, 3.05) is 6.54 Å². The quantitative estimate of drug-likeness (QED) is 0.777. The topological polar surface area (TPSA) is 75.4 Å². The monoisotopic (exact) mass is 321 g/mol. The number of amides is 2. The molecule has 3 fully saturated rings. The van der Waals surface area contributed by atoms with Crippen LogP contribution in [-0.2, 0) is 9.59 Å². The summed E-state index contributed by atoms with van der Waals surface area (Å²) in [4.78, 5) is 26.4. The average Bonchev–Trinajstić information content (AvgIpc) is 2.70. The largest absolute Gasteiger partial charge is 0.368 e. The van der Waals surface area contributed by atoms with Gasteiger partial charge in [0, 0.05) is 12.1 Å². The summed E-state index contributed by atoms with van der Waals surface area (Å²) in [6.45, 7) is 0.339. The lowest BCUT2D eigenvalue weighted by Gasteiger charge is -2.33. The van der Waals surface area contributed by atoms with Crippen LogP contribution in [0.3, 0.4) is 0 Å². The average molecular weight is 321 g/mol. The first kappa shape index (κ1) is 16.7. The number of likely N-dealkylation sites (tertiary alicyclic amines) is 1. The Morgan fingerprint density at radius 2 is 1.61 bits per heavy atom. The van der Waals surface area contributed by atoms with Gasteiger partial charge in [0.15, 0.2) is 0 Å². The Bertz CT molecular complexity index is 432. The van der Waals surface area contributed by atoms with E-state index in [2.05, 4.69) is 10.2 Å². The highest BCUT2D eigenvalue weighted by molar-refractivity contribution is 5.83. The van der Waals surface area contributed by atoms with E-state index in [1.54, 1.807) is 0 Å². The number of hydrogen-bond acceptors (Lipinski definition) is 3. The zero-order valence-electron chi connectivity index (χ0n) is 14.1. The van der Waals surface area contributed by atoms with Gasteiger partial charge in [-0.05, 0) is 38.0 Å². The van der Waals surface area contributed by atoms with Crippen LogP contribution in [0.1, 0.15) is 70.6 Å². The molecule has 3 aliphatic rings. The molecule has 0 spiro atoms. The predicted molar refractivity (Wildman–Crippen MR) is 89.7 cm³/mol. The third-order valence-electron chi connectivity index (χ3n) is 6.10. The van der Waals surface area contributed by atoms with Crippen molar-refractivity contribution in [3.05, 3.63) is 0 Å². The molecule has 1 saturated heterocycles. The van der Waals surface area contributed by atoms with Gasteiger partial charge < -0.3 is 11.1 Å². The van der Waals surface area contributed by atoms with Gasteiger partial charge in [0.1, 0.15) is 0 Å². The molecule has 3 rings (SSSR count). The summed E-state index contributed by atoms with van der Waals surface area (Å²) in [7, 11) is 0. The van der Waals surface area contributed by atoms with Crippen molar-refractivity contribution in [3.8, 4) is 0 Å². The molecule has 23 heavy (non-hydrogen) atoms. The van der Waals surface area contributed by atoms with E-state index in [1.807, 2.05) is 0 Å². The minimum Gasteiger partial charge on any atom is -0.368 e. The summed E-state index contributed by atoms with van der Waals surface area (Å²) in [6, 6.07) is 0.450. The lowest BCUT2D eigenvalue weighted by Crippen LogP contribution is -2.50. The molecular weight excluding hydrogens is 290 g/mol. The summed E-state index contributed by atoms with van der Waals surface area (Å²) < 4.78 is 0. The highest BCUT2D eigenvalue weighted by atomic mass is 16.2. The van der Waals surface area contributed by atoms with Crippen LogP contribution in [0.4, 0.5) is 0 Å². The van der Waals surface area contributed by atoms with Crippen LogP contribution in [0.2, 0.25) is 0 Å². The smallest absolute Gasteiger partial charge is 0.234 e. The number of fused-ring (bicyclic) bond motifs is 1. The molecule has 3 atom stereocenters. The summed E-state index contributed by atoms with van der Waals surface area (Å²) in [5, 5.41) is 3.21. The van der Waals surface area contributed by atoms with Gasteiger partial charge in [0.05, 0.1) is 12.6 Å². The Morgan fingerprint density at radius 1 is 0.957 bits per heavy atom. The molecule has 0 aromatic carbocycles. The fourth-order valence-electron chi connectivity index (χ4n) is 4.92. The van der Waals surface area contributed by atoms with E-state index in [1.165, 1.54) is 44.9 Å². The van der Waals surface area contributed by atoms with E-state index in [9.17, 15) is 9.59 Å². The van der Waals surface area contributed by atoms with Crippen LogP contribution in [0.25, 0.3) is 0 Å². The van der Waals surface area contributed by atoms with Crippen molar-refractivity contribution >= 4 is 11.8 Å². The summed E-state index contributed by atoms with van der Waals surface area (Å²) >= 11 is 0. The van der Waals surface area contributed by atoms with Gasteiger partial charge >= 0.3 is 0 Å². The zero-order chi connectivity index (χ0) is 16.2. The molecule has 2 saturated carbocycles. The number of nitrogens with two attached hydrogens (primary N) is 1. The number of nitrogens with one attached hydrogen (secondary N) is 1. The van der Waals surface area contributed by atoms with Crippen LogP contribution in [0.15, 0.2) is 0 Å². The second kappa shape index (κ2) is 7.65. The van der Waals surface area contributed by atoms with Gasteiger partial charge in [-0.2, -0.15) is 0 Å². The lowest BCUT2D eigenvalue weighted by molar-refractivity contribution is -0.127. The normalized spacial score (nSPS) is 33.0. The van der Waals surface area contributed by atoms with Crippen molar-refractivity contribution in [2.24, 2.45) is 11.7 Å². The van der Waals surface area contributed by atoms with Gasteiger partial charge in [-0.25, -0.2) is 0 Å². The number of primary amides is 1. The zero-order valence-corrected chi connectivity index (χ0v) is 14.1. The molecule has 1 aliphatic heterocycles. The van der Waals surface area contributed by atoms with Gasteiger partial charge in [-0.3, -0.25) is 14.5 Å². The standard InChI is InChI=1S/C18H31N3O2/c19-18(23)16-11-13-7-5-6-10-15(13)21(16)12-17(22)20-14-8-3-1-2-4-9-14/h13-16H,1-12H2,(H2,19,23)(H,20,22)/t13-,15+,16-/m0/s1. The maximum Gasteiger partial charge on any atom is 0.234 e. The lowest BCUT2D eigenvalue weighted by atomic mass is 9.84. The maximum atomic E-state index is 12.5. The Labute approximate surface area is 139 Å². The first-order valence-corrected chi connectivity index (χ1v) is 9.49. The first-order valence-electron chi connectivity index (χ1n) is 9.49. The second-order valence-electron chi connectivity index (χ2n) is 7.69. The van der Waals surface area contributed by atoms with E-state index >= 15 is 0 Å². The van der Waals surface area contributed by atoms with Crippen LogP contribution in [0.5, 0.6) is 0 Å². The van der Waals surface area contributed by atoms with Crippen LogP contribution >= 0.6 is 0 Å². The van der Waals surface area contributed by atoms with Crippen LogP contribution in [-0.4, -0.2) is 41.4 Å². The van der Waals surface area contributed by atoms with E-state index < -0.39 is 0 Å². The Morgan fingerprint density at radius 3 is 2.30 bits per heavy atom. The Hall–Kier alpha value is -1.10. The van der Waals surface area contributed by atoms with Crippen molar-refractivity contribution in [1.29, 1.82) is 0 Å². The predicted octanol–water partition coefficient (Wildman–Crippen LogP) is 1.94. The third-order valence-corrected chi connectivity index (χ3v) is 6.10. The van der Waals surface area contributed by atoms with Crippen LogP contribution in [0, 0.1) is 5.92 Å². The van der Waals surface area contributed by atoms with Gasteiger partial charge in [0.2, 0.25) is 11.8 Å². The molecular formula is C18H31N3O2. The van der Waals surface area contributed by atoms with E-state index in [4.69, 9.17) is 5.73 Å². The number of hydrogen-bond donors (Lipinski definition) is 2. The molecule has 0 radical (unpaired) electrons. The second-order valence-corrected chi connectivity index (χ2v) is 7.69. The van der Waals surface area contributed by atoms with Gasteiger partial charge in [-0.1, -0.05) is 38.5 Å². The van der Waals surface area contributed by atoms with Gasteiger partial charge in [-0.15, -0.1) is 0 Å². The maximum absolute atomic E-state index is 12.5. The van der Waals surface area contributed by atoms with E-state index in [0.717, 1.165) is 25.7 Å². The van der Waals surface area contributed by atoms with Crippen molar-refractivity contribution in [3.63, 3.8) is 0 Å². The molecule has 0 aromatic heterocycles. The van der Waals surface area contributed by atoms with Crippen molar-refractivity contribution in [2.45, 2.75) is 88.8 Å². The van der Waals surface area contributed by atoms with Crippen molar-refractivity contribution < 1.29 is 9.59 Å². The fourth-order valence-corrected chi connectivity index (χ4v) is 4.92. The van der Waals surface area contributed by atoms with Crippen molar-refractivity contribution in [1.82, 2.24) is 10.2 Å². The number of carbonyl (C=O) groups is 2. The molecule has 0 bridgehead atoms. The minimum absolute atomic E-state index is 0.0781. The van der Waals surface area contributed by atoms with Crippen LogP contribution < -0.4 is 11.1 Å². The third kappa shape index (κ3) is 4.06. The summed E-state index contributed by atoms with van der Waals surface area (Å²) in [6.07, 6.45) is 12.7. The molecule has 0 aromatic rings. The first-order chi connectivity index (χ1) is 11.1.